The highest BCUT2D eigenvalue weighted by Gasteiger charge is 2.03. The third-order valence-electron chi connectivity index (χ3n) is 3.67. The van der Waals surface area contributed by atoms with Crippen LogP contribution in [0, 0.1) is 0 Å². The fraction of sp³-hybridized carbons (Fsp3) is 0.938. The molecule has 0 aliphatic rings. The molecule has 0 aliphatic carbocycles. The molecule has 0 heterocycles. The minimum Gasteiger partial charge on any atom is -0.465 e. The standard InChI is InChI=1S/C16H33NO2/c1-3-4-5-6-7-8-9-10-11-12-13-14-15-17(2)16(18)19/h3-15H2,1-2H3,(H,18,19). The van der Waals surface area contributed by atoms with E-state index in [0.717, 1.165) is 12.8 Å². The van der Waals surface area contributed by atoms with Crippen molar-refractivity contribution < 1.29 is 9.90 Å². The van der Waals surface area contributed by atoms with Crippen molar-refractivity contribution in [2.45, 2.75) is 84.0 Å². The van der Waals surface area contributed by atoms with Crippen molar-refractivity contribution >= 4 is 6.09 Å². The number of rotatable bonds is 13. The maximum Gasteiger partial charge on any atom is 0.407 e. The fourth-order valence-electron chi connectivity index (χ4n) is 2.29. The molecule has 0 saturated heterocycles. The Morgan fingerprint density at radius 2 is 1.16 bits per heavy atom. The molecular weight excluding hydrogens is 238 g/mol. The number of carbonyl (C=O) groups is 1. The maximum atomic E-state index is 10.6. The lowest BCUT2D eigenvalue weighted by Gasteiger charge is -2.11. The molecule has 3 heteroatoms. The predicted octanol–water partition coefficient (Wildman–Crippen LogP) is 5.30. The van der Waals surface area contributed by atoms with Gasteiger partial charge in [-0.3, -0.25) is 0 Å². The molecule has 0 fully saturated rings. The van der Waals surface area contributed by atoms with Crippen LogP contribution in [-0.4, -0.2) is 29.7 Å². The van der Waals surface area contributed by atoms with Gasteiger partial charge in [0.25, 0.3) is 0 Å². The van der Waals surface area contributed by atoms with E-state index in [0.29, 0.717) is 6.54 Å². The van der Waals surface area contributed by atoms with E-state index in [1.165, 1.54) is 69.1 Å². The number of unbranched alkanes of at least 4 members (excludes halogenated alkanes) is 11. The van der Waals surface area contributed by atoms with Gasteiger partial charge in [-0.2, -0.15) is 0 Å². The van der Waals surface area contributed by atoms with Gasteiger partial charge in [0, 0.05) is 13.6 Å². The normalized spacial score (nSPS) is 10.6. The Kier molecular flexibility index (Phi) is 13.2. The summed E-state index contributed by atoms with van der Waals surface area (Å²) in [5.74, 6) is 0. The SMILES string of the molecule is CCCCCCCCCCCCCCN(C)C(=O)O. The molecule has 19 heavy (non-hydrogen) atoms. The monoisotopic (exact) mass is 271 g/mol. The van der Waals surface area contributed by atoms with Gasteiger partial charge in [0.1, 0.15) is 0 Å². The Morgan fingerprint density at radius 3 is 1.53 bits per heavy atom. The Hall–Kier alpha value is -0.730. The molecule has 1 N–H and O–H groups in total. The molecule has 0 spiro atoms. The van der Waals surface area contributed by atoms with Crippen LogP contribution in [0.2, 0.25) is 0 Å². The van der Waals surface area contributed by atoms with Gasteiger partial charge in [0.15, 0.2) is 0 Å². The minimum absolute atomic E-state index is 0.673. The van der Waals surface area contributed by atoms with Gasteiger partial charge in [-0.25, -0.2) is 4.79 Å². The van der Waals surface area contributed by atoms with Gasteiger partial charge >= 0.3 is 6.09 Å². The molecule has 0 aromatic rings. The zero-order chi connectivity index (χ0) is 14.3. The molecule has 0 atom stereocenters. The predicted molar refractivity (Wildman–Crippen MR) is 81.7 cm³/mol. The van der Waals surface area contributed by atoms with Gasteiger partial charge in [0.2, 0.25) is 0 Å². The number of nitrogens with zero attached hydrogens (tertiary/aromatic N) is 1. The summed E-state index contributed by atoms with van der Waals surface area (Å²) >= 11 is 0. The van der Waals surface area contributed by atoms with E-state index in [9.17, 15) is 4.79 Å². The van der Waals surface area contributed by atoms with Crippen molar-refractivity contribution in [3.63, 3.8) is 0 Å². The van der Waals surface area contributed by atoms with E-state index in [4.69, 9.17) is 5.11 Å². The summed E-state index contributed by atoms with van der Waals surface area (Å²) in [7, 11) is 1.64. The second-order valence-electron chi connectivity index (χ2n) is 5.59. The Labute approximate surface area is 119 Å². The van der Waals surface area contributed by atoms with E-state index in [1.807, 2.05) is 0 Å². The highest BCUT2D eigenvalue weighted by Crippen LogP contribution is 2.11. The Bertz CT molecular complexity index is 207. The van der Waals surface area contributed by atoms with Gasteiger partial charge in [0.05, 0.1) is 0 Å². The summed E-state index contributed by atoms with van der Waals surface area (Å²) in [6.07, 6.45) is 15.0. The van der Waals surface area contributed by atoms with E-state index < -0.39 is 6.09 Å². The quantitative estimate of drug-likeness (QED) is 0.462. The third kappa shape index (κ3) is 13.5. The molecule has 0 aliphatic heterocycles. The minimum atomic E-state index is -0.817. The van der Waals surface area contributed by atoms with Crippen molar-refractivity contribution in [3.8, 4) is 0 Å². The summed E-state index contributed by atoms with van der Waals surface area (Å²) in [4.78, 5) is 11.9. The van der Waals surface area contributed by atoms with Crippen LogP contribution in [0.3, 0.4) is 0 Å². The van der Waals surface area contributed by atoms with Crippen LogP contribution >= 0.6 is 0 Å². The second kappa shape index (κ2) is 13.7. The fourth-order valence-corrected chi connectivity index (χ4v) is 2.29. The van der Waals surface area contributed by atoms with Crippen molar-refractivity contribution in [2.75, 3.05) is 13.6 Å². The summed E-state index contributed by atoms with van der Waals surface area (Å²) in [5, 5.41) is 8.69. The van der Waals surface area contributed by atoms with E-state index >= 15 is 0 Å². The zero-order valence-corrected chi connectivity index (χ0v) is 13.0. The topological polar surface area (TPSA) is 40.5 Å². The summed E-state index contributed by atoms with van der Waals surface area (Å²) in [5.41, 5.74) is 0. The molecule has 0 rings (SSSR count). The van der Waals surface area contributed by atoms with Gasteiger partial charge < -0.3 is 10.0 Å². The number of carboxylic acid groups (broad SMARTS) is 1. The molecule has 0 unspecified atom stereocenters. The number of amides is 1. The Balaban J connectivity index is 3.05. The van der Waals surface area contributed by atoms with E-state index in [1.54, 1.807) is 7.05 Å². The van der Waals surface area contributed by atoms with Crippen molar-refractivity contribution in [1.29, 1.82) is 0 Å². The zero-order valence-electron chi connectivity index (χ0n) is 13.0. The summed E-state index contributed by atoms with van der Waals surface area (Å²) in [6.45, 7) is 2.93. The highest BCUT2D eigenvalue weighted by molar-refractivity contribution is 5.64. The lowest BCUT2D eigenvalue weighted by atomic mass is 10.1. The first-order valence-corrected chi connectivity index (χ1v) is 8.12. The molecule has 1 amide bonds. The van der Waals surface area contributed by atoms with Crippen molar-refractivity contribution in [1.82, 2.24) is 4.90 Å². The molecule has 3 nitrogen and oxygen atoms in total. The molecule has 0 saturated carbocycles. The highest BCUT2D eigenvalue weighted by atomic mass is 16.4. The number of hydrogen-bond donors (Lipinski definition) is 1. The Morgan fingerprint density at radius 1 is 0.789 bits per heavy atom. The average Bonchev–Trinajstić information content (AvgIpc) is 2.39. The molecule has 114 valence electrons. The van der Waals surface area contributed by atoms with E-state index in [-0.39, 0.29) is 0 Å². The van der Waals surface area contributed by atoms with E-state index in [2.05, 4.69) is 6.92 Å². The first-order chi connectivity index (χ1) is 9.18. The van der Waals surface area contributed by atoms with Crippen LogP contribution in [0.1, 0.15) is 84.0 Å². The lowest BCUT2D eigenvalue weighted by molar-refractivity contribution is 0.155. The van der Waals surface area contributed by atoms with Crippen LogP contribution in [0.5, 0.6) is 0 Å². The third-order valence-corrected chi connectivity index (χ3v) is 3.67. The van der Waals surface area contributed by atoms with Crippen LogP contribution in [0.4, 0.5) is 4.79 Å². The maximum absolute atomic E-state index is 10.6. The largest absolute Gasteiger partial charge is 0.465 e. The summed E-state index contributed by atoms with van der Waals surface area (Å²) in [6, 6.07) is 0. The average molecular weight is 271 g/mol. The molecule has 0 aromatic carbocycles. The first kappa shape index (κ1) is 18.3. The lowest BCUT2D eigenvalue weighted by Crippen LogP contribution is -2.25. The van der Waals surface area contributed by atoms with Crippen LogP contribution < -0.4 is 0 Å². The second-order valence-corrected chi connectivity index (χ2v) is 5.59. The molecule has 0 aromatic heterocycles. The van der Waals surface area contributed by atoms with Crippen molar-refractivity contribution in [3.05, 3.63) is 0 Å². The van der Waals surface area contributed by atoms with Gasteiger partial charge in [-0.15, -0.1) is 0 Å². The smallest absolute Gasteiger partial charge is 0.407 e. The number of hydrogen-bond acceptors (Lipinski definition) is 1. The first-order valence-electron chi connectivity index (χ1n) is 8.12. The van der Waals surface area contributed by atoms with Crippen molar-refractivity contribution in [2.24, 2.45) is 0 Å². The van der Waals surface area contributed by atoms with Crippen LogP contribution in [0.15, 0.2) is 0 Å². The van der Waals surface area contributed by atoms with Gasteiger partial charge in [-0.05, 0) is 6.42 Å². The molecule has 0 radical (unpaired) electrons. The van der Waals surface area contributed by atoms with Crippen LogP contribution in [0.25, 0.3) is 0 Å². The van der Waals surface area contributed by atoms with Crippen LogP contribution in [-0.2, 0) is 0 Å². The molecular formula is C16H33NO2. The van der Waals surface area contributed by atoms with Gasteiger partial charge in [-0.1, -0.05) is 77.6 Å². The summed E-state index contributed by atoms with van der Waals surface area (Å²) < 4.78 is 0. The molecule has 0 bridgehead atoms.